The molecule has 1 unspecified atom stereocenters. The van der Waals surface area contributed by atoms with E-state index < -0.39 is 0 Å². The Bertz CT molecular complexity index is 292. The summed E-state index contributed by atoms with van der Waals surface area (Å²) in [6.45, 7) is 3.69. The number of aryl methyl sites for hydroxylation is 1. The molecule has 1 aromatic rings. The first-order chi connectivity index (χ1) is 6.27. The van der Waals surface area contributed by atoms with Gasteiger partial charge in [0.25, 0.3) is 0 Å². The van der Waals surface area contributed by atoms with Gasteiger partial charge in [-0.1, -0.05) is 0 Å². The van der Waals surface area contributed by atoms with Gasteiger partial charge in [0.1, 0.15) is 4.60 Å². The Labute approximate surface area is 86.2 Å². The molecule has 1 atom stereocenters. The lowest BCUT2D eigenvalue weighted by Crippen LogP contribution is -2.22. The van der Waals surface area contributed by atoms with Crippen molar-refractivity contribution in [3.8, 4) is 0 Å². The van der Waals surface area contributed by atoms with Gasteiger partial charge in [0.15, 0.2) is 0 Å². The Morgan fingerprint density at radius 1 is 1.69 bits per heavy atom. The van der Waals surface area contributed by atoms with Crippen LogP contribution >= 0.6 is 15.9 Å². The Morgan fingerprint density at radius 2 is 2.54 bits per heavy atom. The summed E-state index contributed by atoms with van der Waals surface area (Å²) >= 11 is 3.50. The van der Waals surface area contributed by atoms with E-state index in [0.717, 1.165) is 29.9 Å². The zero-order chi connectivity index (χ0) is 9.26. The predicted molar refractivity (Wildman–Crippen MR) is 53.8 cm³/mol. The van der Waals surface area contributed by atoms with Gasteiger partial charge < -0.3 is 4.74 Å². The van der Waals surface area contributed by atoms with Crippen LogP contribution in [0.3, 0.4) is 0 Å². The van der Waals surface area contributed by atoms with Gasteiger partial charge in [-0.3, -0.25) is 4.68 Å². The third-order valence-electron chi connectivity index (χ3n) is 2.29. The van der Waals surface area contributed by atoms with Crippen LogP contribution in [0.5, 0.6) is 0 Å². The minimum Gasteiger partial charge on any atom is -0.379 e. The predicted octanol–water partition coefficient (Wildman–Crippen LogP) is 2.31. The Hall–Kier alpha value is -0.350. The SMILES string of the molecule is Cc1cc(Br)n(C2CCCOC2)n1. The topological polar surface area (TPSA) is 27.1 Å². The van der Waals surface area contributed by atoms with Gasteiger partial charge in [-0.25, -0.2) is 0 Å². The minimum absolute atomic E-state index is 0.414. The molecule has 1 aliphatic rings. The lowest BCUT2D eigenvalue weighted by molar-refractivity contribution is 0.0540. The minimum atomic E-state index is 0.414. The van der Waals surface area contributed by atoms with Crippen LogP contribution in [0.15, 0.2) is 10.7 Å². The highest BCUT2D eigenvalue weighted by Gasteiger charge is 2.18. The lowest BCUT2D eigenvalue weighted by Gasteiger charge is -2.23. The molecule has 1 fully saturated rings. The fourth-order valence-electron chi connectivity index (χ4n) is 1.66. The fraction of sp³-hybridized carbons (Fsp3) is 0.667. The van der Waals surface area contributed by atoms with E-state index in [1.165, 1.54) is 6.42 Å². The van der Waals surface area contributed by atoms with Crippen molar-refractivity contribution in [1.82, 2.24) is 9.78 Å². The number of aromatic nitrogens is 2. The number of hydrogen-bond acceptors (Lipinski definition) is 2. The van der Waals surface area contributed by atoms with E-state index in [1.807, 2.05) is 17.7 Å². The van der Waals surface area contributed by atoms with Crippen molar-refractivity contribution < 1.29 is 4.74 Å². The van der Waals surface area contributed by atoms with Crippen LogP contribution < -0.4 is 0 Å². The number of halogens is 1. The highest BCUT2D eigenvalue weighted by Crippen LogP contribution is 2.23. The molecule has 0 saturated carbocycles. The van der Waals surface area contributed by atoms with E-state index in [-0.39, 0.29) is 0 Å². The smallest absolute Gasteiger partial charge is 0.104 e. The quantitative estimate of drug-likeness (QED) is 0.759. The first-order valence-corrected chi connectivity index (χ1v) is 5.36. The second kappa shape index (κ2) is 3.80. The molecule has 0 amide bonds. The maximum atomic E-state index is 5.42. The van der Waals surface area contributed by atoms with Crippen LogP contribution in [-0.4, -0.2) is 23.0 Å². The van der Waals surface area contributed by atoms with E-state index in [0.29, 0.717) is 6.04 Å². The van der Waals surface area contributed by atoms with Crippen molar-refractivity contribution in [1.29, 1.82) is 0 Å². The average molecular weight is 245 g/mol. The second-order valence-corrected chi connectivity index (χ2v) is 4.24. The highest BCUT2D eigenvalue weighted by molar-refractivity contribution is 9.10. The van der Waals surface area contributed by atoms with Crippen LogP contribution in [0.4, 0.5) is 0 Å². The highest BCUT2D eigenvalue weighted by atomic mass is 79.9. The van der Waals surface area contributed by atoms with Crippen molar-refractivity contribution >= 4 is 15.9 Å². The molecular weight excluding hydrogens is 232 g/mol. The van der Waals surface area contributed by atoms with Gasteiger partial charge in [0.2, 0.25) is 0 Å². The zero-order valence-electron chi connectivity index (χ0n) is 7.66. The molecule has 4 heteroatoms. The molecular formula is C9H13BrN2O. The molecule has 13 heavy (non-hydrogen) atoms. The Kier molecular flexibility index (Phi) is 2.69. The van der Waals surface area contributed by atoms with E-state index >= 15 is 0 Å². The third kappa shape index (κ3) is 1.94. The Morgan fingerprint density at radius 3 is 3.08 bits per heavy atom. The van der Waals surface area contributed by atoms with E-state index in [2.05, 4.69) is 21.0 Å². The maximum absolute atomic E-state index is 5.42. The summed E-state index contributed by atoms with van der Waals surface area (Å²) in [7, 11) is 0. The first kappa shape index (κ1) is 9.21. The summed E-state index contributed by atoms with van der Waals surface area (Å²) in [6.07, 6.45) is 2.30. The number of rotatable bonds is 1. The van der Waals surface area contributed by atoms with Crippen molar-refractivity contribution in [2.75, 3.05) is 13.2 Å². The van der Waals surface area contributed by atoms with Gasteiger partial charge in [-0.2, -0.15) is 5.10 Å². The van der Waals surface area contributed by atoms with Gasteiger partial charge in [-0.15, -0.1) is 0 Å². The van der Waals surface area contributed by atoms with Crippen LogP contribution in [-0.2, 0) is 4.74 Å². The molecule has 3 nitrogen and oxygen atoms in total. The number of nitrogens with zero attached hydrogens (tertiary/aromatic N) is 2. The number of ether oxygens (including phenoxy) is 1. The number of hydrogen-bond donors (Lipinski definition) is 0. The molecule has 0 N–H and O–H groups in total. The van der Waals surface area contributed by atoms with Gasteiger partial charge >= 0.3 is 0 Å². The summed E-state index contributed by atoms with van der Waals surface area (Å²) in [5.41, 5.74) is 1.05. The Balaban J connectivity index is 2.18. The van der Waals surface area contributed by atoms with E-state index in [1.54, 1.807) is 0 Å². The maximum Gasteiger partial charge on any atom is 0.104 e. The van der Waals surface area contributed by atoms with Crippen LogP contribution in [0, 0.1) is 6.92 Å². The van der Waals surface area contributed by atoms with Crippen LogP contribution in [0.2, 0.25) is 0 Å². The van der Waals surface area contributed by atoms with Crippen molar-refractivity contribution in [2.24, 2.45) is 0 Å². The molecule has 2 heterocycles. The molecule has 2 rings (SSSR count). The molecule has 72 valence electrons. The zero-order valence-corrected chi connectivity index (χ0v) is 9.25. The molecule has 1 saturated heterocycles. The van der Waals surface area contributed by atoms with Crippen molar-refractivity contribution in [3.05, 3.63) is 16.4 Å². The fourth-order valence-corrected chi connectivity index (χ4v) is 2.36. The van der Waals surface area contributed by atoms with Gasteiger partial charge in [0.05, 0.1) is 18.3 Å². The largest absolute Gasteiger partial charge is 0.379 e. The molecule has 1 aromatic heterocycles. The summed E-state index contributed by atoms with van der Waals surface area (Å²) in [4.78, 5) is 0. The molecule has 0 spiro atoms. The monoisotopic (exact) mass is 244 g/mol. The van der Waals surface area contributed by atoms with Gasteiger partial charge in [-0.05, 0) is 41.8 Å². The summed E-state index contributed by atoms with van der Waals surface area (Å²) in [5.74, 6) is 0. The third-order valence-corrected chi connectivity index (χ3v) is 2.89. The van der Waals surface area contributed by atoms with Crippen LogP contribution in [0.1, 0.15) is 24.6 Å². The second-order valence-electron chi connectivity index (χ2n) is 3.42. The molecule has 0 bridgehead atoms. The van der Waals surface area contributed by atoms with Crippen molar-refractivity contribution in [3.63, 3.8) is 0 Å². The normalized spacial score (nSPS) is 23.4. The van der Waals surface area contributed by atoms with E-state index in [9.17, 15) is 0 Å². The summed E-state index contributed by atoms with van der Waals surface area (Å²) < 4.78 is 8.50. The molecule has 0 aliphatic carbocycles. The summed E-state index contributed by atoms with van der Waals surface area (Å²) in [5, 5.41) is 4.42. The van der Waals surface area contributed by atoms with Crippen molar-refractivity contribution in [2.45, 2.75) is 25.8 Å². The first-order valence-electron chi connectivity index (χ1n) is 4.57. The van der Waals surface area contributed by atoms with E-state index in [4.69, 9.17) is 4.74 Å². The average Bonchev–Trinajstić information content (AvgIpc) is 2.47. The summed E-state index contributed by atoms with van der Waals surface area (Å²) in [6, 6.07) is 2.45. The molecule has 1 aliphatic heterocycles. The van der Waals surface area contributed by atoms with Gasteiger partial charge in [0, 0.05) is 6.61 Å². The standard InChI is InChI=1S/C9H13BrN2O/c1-7-5-9(10)12(11-7)8-3-2-4-13-6-8/h5,8H,2-4,6H2,1H3. The lowest BCUT2D eigenvalue weighted by atomic mass is 10.1. The molecule has 0 aromatic carbocycles. The molecule has 0 radical (unpaired) electrons. The van der Waals surface area contributed by atoms with Crippen LogP contribution in [0.25, 0.3) is 0 Å².